The number of likely N-dealkylation sites (N-methyl/N-ethyl adjacent to an activating group) is 1. The number of rotatable bonds is 2. The maximum Gasteiger partial charge on any atom is 0.354 e. The number of nitrogens with zero attached hydrogens (tertiary/aromatic N) is 3. The summed E-state index contributed by atoms with van der Waals surface area (Å²) in [6, 6.07) is 8.30. The van der Waals surface area contributed by atoms with Gasteiger partial charge in [-0.25, -0.2) is 14.8 Å². The fraction of sp³-hybridized carbons (Fsp3) is 0.263. The molecule has 1 aliphatic rings. The van der Waals surface area contributed by atoms with E-state index in [4.69, 9.17) is 5.11 Å². The number of carboxylic acids is 1. The van der Waals surface area contributed by atoms with E-state index in [2.05, 4.69) is 21.8 Å². The maximum atomic E-state index is 12.0. The van der Waals surface area contributed by atoms with Crippen LogP contribution in [0.25, 0.3) is 11.4 Å². The molecule has 1 amide bonds. The van der Waals surface area contributed by atoms with E-state index in [1.54, 1.807) is 38.2 Å². The molecule has 1 aliphatic heterocycles. The molecule has 1 aromatic heterocycles. The standard InChI is InChI=1S/C19H17N3O4/c1-12-10-15(17(23)24)21-16(20-12)14-5-3-4-13(11-14)6-7-19(26)8-9-22(2)18(19)25/h3-5,10-11,26H,8-9H2,1-2H3,(H,23,24)/t19-/m0/s1. The Labute approximate surface area is 150 Å². The highest BCUT2D eigenvalue weighted by atomic mass is 16.4. The number of aromatic nitrogens is 2. The lowest BCUT2D eigenvalue weighted by Gasteiger charge is -2.13. The van der Waals surface area contributed by atoms with Gasteiger partial charge in [-0.3, -0.25) is 4.79 Å². The van der Waals surface area contributed by atoms with Crippen LogP contribution in [0.3, 0.4) is 0 Å². The van der Waals surface area contributed by atoms with Gasteiger partial charge in [-0.2, -0.15) is 0 Å². The molecule has 2 N–H and O–H groups in total. The molecule has 26 heavy (non-hydrogen) atoms. The summed E-state index contributed by atoms with van der Waals surface area (Å²) in [4.78, 5) is 32.9. The number of hydrogen-bond acceptors (Lipinski definition) is 5. The Morgan fingerprint density at radius 3 is 2.73 bits per heavy atom. The van der Waals surface area contributed by atoms with Crippen LogP contribution in [0.1, 0.15) is 28.2 Å². The van der Waals surface area contributed by atoms with Crippen LogP contribution in [-0.2, 0) is 4.79 Å². The lowest BCUT2D eigenvalue weighted by atomic mass is 10.0. The lowest BCUT2D eigenvalue weighted by Crippen LogP contribution is -2.37. The van der Waals surface area contributed by atoms with E-state index in [1.165, 1.54) is 11.0 Å². The fourth-order valence-corrected chi connectivity index (χ4v) is 2.69. The Balaban J connectivity index is 1.95. The van der Waals surface area contributed by atoms with Crippen LogP contribution >= 0.6 is 0 Å². The highest BCUT2D eigenvalue weighted by molar-refractivity contribution is 5.90. The van der Waals surface area contributed by atoms with E-state index >= 15 is 0 Å². The summed E-state index contributed by atoms with van der Waals surface area (Å²) in [7, 11) is 1.62. The molecule has 2 aromatic rings. The first-order valence-corrected chi connectivity index (χ1v) is 7.99. The van der Waals surface area contributed by atoms with E-state index in [0.29, 0.717) is 23.4 Å². The predicted octanol–water partition coefficient (Wildman–Crippen LogP) is 1.09. The van der Waals surface area contributed by atoms with Crippen molar-refractivity contribution in [3.63, 3.8) is 0 Å². The molecule has 0 spiro atoms. The molecule has 7 heteroatoms. The second-order valence-corrected chi connectivity index (χ2v) is 6.19. The molecule has 7 nitrogen and oxygen atoms in total. The van der Waals surface area contributed by atoms with Crippen molar-refractivity contribution in [1.29, 1.82) is 0 Å². The third-order valence-corrected chi connectivity index (χ3v) is 4.12. The van der Waals surface area contributed by atoms with E-state index in [-0.39, 0.29) is 17.9 Å². The van der Waals surface area contributed by atoms with Crippen molar-refractivity contribution in [2.75, 3.05) is 13.6 Å². The van der Waals surface area contributed by atoms with Crippen molar-refractivity contribution in [3.05, 3.63) is 47.3 Å². The van der Waals surface area contributed by atoms with Gasteiger partial charge < -0.3 is 15.1 Å². The van der Waals surface area contributed by atoms with Crippen molar-refractivity contribution in [3.8, 4) is 23.2 Å². The largest absolute Gasteiger partial charge is 0.477 e. The molecular formula is C19H17N3O4. The number of hydrogen-bond donors (Lipinski definition) is 2. The van der Waals surface area contributed by atoms with Crippen molar-refractivity contribution in [1.82, 2.24) is 14.9 Å². The smallest absolute Gasteiger partial charge is 0.354 e. The summed E-state index contributed by atoms with van der Waals surface area (Å²) < 4.78 is 0. The van der Waals surface area contributed by atoms with Crippen LogP contribution in [0.4, 0.5) is 0 Å². The van der Waals surface area contributed by atoms with Crippen LogP contribution in [0, 0.1) is 18.8 Å². The molecule has 3 rings (SSSR count). The number of likely N-dealkylation sites (tertiary alicyclic amines) is 1. The van der Waals surface area contributed by atoms with Crippen molar-refractivity contribution in [2.45, 2.75) is 18.9 Å². The molecular weight excluding hydrogens is 334 g/mol. The average molecular weight is 351 g/mol. The molecule has 2 heterocycles. The molecule has 0 bridgehead atoms. The Hall–Kier alpha value is -3.24. The molecule has 0 radical (unpaired) electrons. The summed E-state index contributed by atoms with van der Waals surface area (Å²) in [6.45, 7) is 2.15. The summed E-state index contributed by atoms with van der Waals surface area (Å²) >= 11 is 0. The first kappa shape index (κ1) is 17.6. The topological polar surface area (TPSA) is 104 Å². The monoisotopic (exact) mass is 351 g/mol. The van der Waals surface area contributed by atoms with E-state index in [0.717, 1.165) is 0 Å². The maximum absolute atomic E-state index is 12.0. The van der Waals surface area contributed by atoms with Crippen LogP contribution in [0.5, 0.6) is 0 Å². The number of benzene rings is 1. The predicted molar refractivity (Wildman–Crippen MR) is 93.2 cm³/mol. The molecule has 0 saturated carbocycles. The number of aromatic carboxylic acids is 1. The van der Waals surface area contributed by atoms with Crippen molar-refractivity contribution >= 4 is 11.9 Å². The summed E-state index contributed by atoms with van der Waals surface area (Å²) in [5, 5.41) is 19.5. The Morgan fingerprint density at radius 1 is 1.31 bits per heavy atom. The third kappa shape index (κ3) is 3.41. The zero-order valence-electron chi connectivity index (χ0n) is 14.4. The highest BCUT2D eigenvalue weighted by Gasteiger charge is 2.42. The second-order valence-electron chi connectivity index (χ2n) is 6.19. The Kier molecular flexibility index (Phi) is 4.45. The van der Waals surface area contributed by atoms with Crippen LogP contribution < -0.4 is 0 Å². The van der Waals surface area contributed by atoms with Crippen molar-refractivity contribution < 1.29 is 19.8 Å². The highest BCUT2D eigenvalue weighted by Crippen LogP contribution is 2.21. The van der Waals surface area contributed by atoms with Gasteiger partial charge in [0, 0.05) is 36.8 Å². The normalized spacial score (nSPS) is 19.2. The van der Waals surface area contributed by atoms with E-state index in [9.17, 15) is 14.7 Å². The van der Waals surface area contributed by atoms with Crippen LogP contribution in [0.2, 0.25) is 0 Å². The number of carbonyl (C=O) groups is 2. The van der Waals surface area contributed by atoms with Crippen LogP contribution in [-0.4, -0.2) is 56.2 Å². The average Bonchev–Trinajstić information content (AvgIpc) is 2.88. The minimum atomic E-state index is -1.67. The molecule has 1 saturated heterocycles. The Morgan fingerprint density at radius 2 is 2.08 bits per heavy atom. The molecule has 1 fully saturated rings. The second kappa shape index (κ2) is 6.58. The van der Waals surface area contributed by atoms with E-state index in [1.807, 2.05) is 0 Å². The number of aliphatic hydroxyl groups is 1. The van der Waals surface area contributed by atoms with Gasteiger partial charge in [-0.15, -0.1) is 0 Å². The zero-order valence-corrected chi connectivity index (χ0v) is 14.4. The molecule has 1 aromatic carbocycles. The van der Waals surface area contributed by atoms with Gasteiger partial charge in [-0.05, 0) is 25.1 Å². The minimum Gasteiger partial charge on any atom is -0.477 e. The lowest BCUT2D eigenvalue weighted by molar-refractivity contribution is -0.137. The SMILES string of the molecule is Cc1cc(C(=O)O)nc(-c2cccc(C#C[C@]3(O)CCN(C)C3=O)c2)n1. The van der Waals surface area contributed by atoms with Gasteiger partial charge in [0.05, 0.1) is 0 Å². The fourth-order valence-electron chi connectivity index (χ4n) is 2.69. The van der Waals surface area contributed by atoms with Crippen LogP contribution in [0.15, 0.2) is 30.3 Å². The van der Waals surface area contributed by atoms with Gasteiger partial charge in [0.2, 0.25) is 5.60 Å². The van der Waals surface area contributed by atoms with Crippen molar-refractivity contribution in [2.24, 2.45) is 0 Å². The first-order chi connectivity index (χ1) is 12.3. The van der Waals surface area contributed by atoms with Gasteiger partial charge in [0.15, 0.2) is 11.5 Å². The quantitative estimate of drug-likeness (QED) is 0.785. The van der Waals surface area contributed by atoms with E-state index < -0.39 is 17.5 Å². The molecule has 0 unspecified atom stereocenters. The van der Waals surface area contributed by atoms with Gasteiger partial charge in [0.25, 0.3) is 5.91 Å². The minimum absolute atomic E-state index is 0.0853. The summed E-state index contributed by atoms with van der Waals surface area (Å²) in [6.07, 6.45) is 0.262. The number of carbonyl (C=O) groups excluding carboxylic acids is 1. The molecule has 0 aliphatic carbocycles. The number of carboxylic acid groups (broad SMARTS) is 1. The zero-order chi connectivity index (χ0) is 18.9. The molecule has 132 valence electrons. The van der Waals surface area contributed by atoms with Gasteiger partial charge >= 0.3 is 5.97 Å². The summed E-state index contributed by atoms with van der Waals surface area (Å²) in [5.41, 5.74) is -0.0399. The summed E-state index contributed by atoms with van der Waals surface area (Å²) in [5.74, 6) is 4.22. The van der Waals surface area contributed by atoms with Gasteiger partial charge in [-0.1, -0.05) is 24.0 Å². The molecule has 1 atom stereocenters. The first-order valence-electron chi connectivity index (χ1n) is 7.99. The Bertz CT molecular complexity index is 961. The number of amides is 1. The third-order valence-electron chi connectivity index (χ3n) is 4.12. The number of aryl methyl sites for hydroxylation is 1. The van der Waals surface area contributed by atoms with Gasteiger partial charge in [0.1, 0.15) is 0 Å².